The number of amides is 1. The summed E-state index contributed by atoms with van der Waals surface area (Å²) in [6.07, 6.45) is 0. The molecule has 0 radical (unpaired) electrons. The third-order valence-corrected chi connectivity index (χ3v) is 5.27. The maximum absolute atomic E-state index is 12.7. The number of halogens is 1. The van der Waals surface area contributed by atoms with Gasteiger partial charge < -0.3 is 18.8 Å². The Balaban J connectivity index is 2.07. The Bertz CT molecular complexity index is 1040. The van der Waals surface area contributed by atoms with E-state index in [2.05, 4.69) is 4.99 Å². The highest BCUT2D eigenvalue weighted by atomic mass is 35.5. The standard InChI is InChI=1S/C19H19ClN2O4S/c1-24-9-8-22-14-6-5-13(20)11-17(14)27-19(22)21-18(23)12-4-7-15(25-2)16(10-12)26-3/h4-7,10-11H,8-9H2,1-3H3. The predicted octanol–water partition coefficient (Wildman–Crippen LogP) is 3.76. The number of fused-ring (bicyclic) bond motifs is 1. The van der Waals surface area contributed by atoms with Gasteiger partial charge in [-0.15, -0.1) is 0 Å². The second kappa shape index (κ2) is 8.56. The van der Waals surface area contributed by atoms with E-state index in [1.54, 1.807) is 32.4 Å². The first-order chi connectivity index (χ1) is 13.1. The summed E-state index contributed by atoms with van der Waals surface area (Å²) < 4.78 is 18.6. The lowest BCUT2D eigenvalue weighted by Gasteiger charge is -2.08. The van der Waals surface area contributed by atoms with Crippen LogP contribution in [0.4, 0.5) is 0 Å². The minimum Gasteiger partial charge on any atom is -0.493 e. The zero-order valence-corrected chi connectivity index (χ0v) is 16.8. The Morgan fingerprint density at radius 1 is 1.11 bits per heavy atom. The number of rotatable bonds is 6. The van der Waals surface area contributed by atoms with Crippen LogP contribution in [0.2, 0.25) is 5.02 Å². The number of ether oxygens (including phenoxy) is 3. The fourth-order valence-corrected chi connectivity index (χ4v) is 3.98. The van der Waals surface area contributed by atoms with Crippen molar-refractivity contribution in [3.63, 3.8) is 0 Å². The molecule has 0 N–H and O–H groups in total. The molecule has 0 atom stereocenters. The molecule has 0 spiro atoms. The molecular weight excluding hydrogens is 388 g/mol. The molecule has 0 aliphatic heterocycles. The molecule has 0 aliphatic carbocycles. The molecule has 0 fully saturated rings. The van der Waals surface area contributed by atoms with Crippen LogP contribution in [0.5, 0.6) is 11.5 Å². The first kappa shape index (κ1) is 19.4. The van der Waals surface area contributed by atoms with E-state index in [-0.39, 0.29) is 5.91 Å². The van der Waals surface area contributed by atoms with Crippen molar-refractivity contribution >= 4 is 39.1 Å². The number of aromatic nitrogens is 1. The molecule has 0 unspecified atom stereocenters. The summed E-state index contributed by atoms with van der Waals surface area (Å²) in [5.74, 6) is 0.675. The maximum Gasteiger partial charge on any atom is 0.279 e. The summed E-state index contributed by atoms with van der Waals surface area (Å²) in [4.78, 5) is 17.6. The number of hydrogen-bond acceptors (Lipinski definition) is 5. The van der Waals surface area contributed by atoms with E-state index in [0.29, 0.717) is 40.0 Å². The van der Waals surface area contributed by atoms with Crippen LogP contribution in [0.25, 0.3) is 10.2 Å². The molecule has 0 aliphatic rings. The van der Waals surface area contributed by atoms with E-state index in [1.807, 2.05) is 22.8 Å². The van der Waals surface area contributed by atoms with Crippen LogP contribution in [0.3, 0.4) is 0 Å². The third-order valence-electron chi connectivity index (χ3n) is 3.99. The molecule has 1 amide bonds. The predicted molar refractivity (Wildman–Crippen MR) is 106 cm³/mol. The Morgan fingerprint density at radius 2 is 1.89 bits per heavy atom. The van der Waals surface area contributed by atoms with Gasteiger partial charge in [-0.05, 0) is 36.4 Å². The lowest BCUT2D eigenvalue weighted by molar-refractivity contribution is 0.0997. The molecule has 6 nitrogen and oxygen atoms in total. The summed E-state index contributed by atoms with van der Waals surface area (Å²) in [7, 11) is 4.71. The zero-order chi connectivity index (χ0) is 19.4. The molecule has 2 aromatic carbocycles. The van der Waals surface area contributed by atoms with E-state index in [9.17, 15) is 4.79 Å². The maximum atomic E-state index is 12.7. The van der Waals surface area contributed by atoms with E-state index in [4.69, 9.17) is 25.8 Å². The SMILES string of the molecule is COCCn1c(=NC(=O)c2ccc(OC)c(OC)c2)sc2cc(Cl)ccc21. The average Bonchev–Trinajstić information content (AvgIpc) is 3.01. The van der Waals surface area contributed by atoms with Crippen molar-refractivity contribution in [1.82, 2.24) is 4.57 Å². The van der Waals surface area contributed by atoms with Crippen molar-refractivity contribution in [1.29, 1.82) is 0 Å². The highest BCUT2D eigenvalue weighted by Gasteiger charge is 2.12. The summed E-state index contributed by atoms with van der Waals surface area (Å²) in [6.45, 7) is 1.09. The van der Waals surface area contributed by atoms with Gasteiger partial charge in [0, 0.05) is 24.2 Å². The van der Waals surface area contributed by atoms with Crippen molar-refractivity contribution in [2.24, 2.45) is 4.99 Å². The smallest absolute Gasteiger partial charge is 0.279 e. The lowest BCUT2D eigenvalue weighted by Crippen LogP contribution is -2.19. The summed E-state index contributed by atoms with van der Waals surface area (Å²) >= 11 is 7.51. The molecule has 27 heavy (non-hydrogen) atoms. The minimum atomic E-state index is -0.361. The molecule has 0 bridgehead atoms. The highest BCUT2D eigenvalue weighted by Crippen LogP contribution is 2.28. The fraction of sp³-hybridized carbons (Fsp3) is 0.263. The van der Waals surface area contributed by atoms with Gasteiger partial charge in [-0.3, -0.25) is 4.79 Å². The van der Waals surface area contributed by atoms with Crippen LogP contribution in [0, 0.1) is 0 Å². The zero-order valence-electron chi connectivity index (χ0n) is 15.2. The van der Waals surface area contributed by atoms with E-state index in [0.717, 1.165) is 10.2 Å². The van der Waals surface area contributed by atoms with Crippen LogP contribution in [0.1, 0.15) is 10.4 Å². The number of carbonyl (C=O) groups is 1. The van der Waals surface area contributed by atoms with Gasteiger partial charge in [0.1, 0.15) is 0 Å². The van der Waals surface area contributed by atoms with Crippen LogP contribution in [0.15, 0.2) is 41.4 Å². The first-order valence-corrected chi connectivity index (χ1v) is 9.35. The molecule has 3 aromatic rings. The first-order valence-electron chi connectivity index (χ1n) is 8.16. The van der Waals surface area contributed by atoms with Gasteiger partial charge in [0.2, 0.25) is 0 Å². The fourth-order valence-electron chi connectivity index (χ4n) is 2.65. The summed E-state index contributed by atoms with van der Waals surface area (Å²) in [5, 5.41) is 0.639. The molecule has 1 heterocycles. The minimum absolute atomic E-state index is 0.361. The van der Waals surface area contributed by atoms with Crippen LogP contribution < -0.4 is 14.3 Å². The van der Waals surface area contributed by atoms with E-state index in [1.165, 1.54) is 18.4 Å². The highest BCUT2D eigenvalue weighted by molar-refractivity contribution is 7.16. The van der Waals surface area contributed by atoms with Gasteiger partial charge in [0.25, 0.3) is 5.91 Å². The quantitative estimate of drug-likeness (QED) is 0.625. The molecule has 142 valence electrons. The molecule has 0 saturated carbocycles. The summed E-state index contributed by atoms with van der Waals surface area (Å²) in [6, 6.07) is 10.6. The van der Waals surface area contributed by atoms with Gasteiger partial charge in [-0.25, -0.2) is 0 Å². The van der Waals surface area contributed by atoms with Gasteiger partial charge in [-0.2, -0.15) is 4.99 Å². The van der Waals surface area contributed by atoms with Gasteiger partial charge in [0.05, 0.1) is 31.0 Å². The summed E-state index contributed by atoms with van der Waals surface area (Å²) in [5.41, 5.74) is 1.38. The number of benzene rings is 2. The number of thiazole rings is 1. The molecule has 3 rings (SSSR count). The number of nitrogens with zero attached hydrogens (tertiary/aromatic N) is 2. The Kier molecular flexibility index (Phi) is 6.15. The monoisotopic (exact) mass is 406 g/mol. The molecule has 1 aromatic heterocycles. The largest absolute Gasteiger partial charge is 0.493 e. The van der Waals surface area contributed by atoms with Crippen molar-refractivity contribution in [2.75, 3.05) is 27.9 Å². The van der Waals surface area contributed by atoms with Crippen LogP contribution in [-0.4, -0.2) is 38.4 Å². The van der Waals surface area contributed by atoms with Crippen LogP contribution in [-0.2, 0) is 11.3 Å². The second-order valence-electron chi connectivity index (χ2n) is 5.63. The topological polar surface area (TPSA) is 62.1 Å². The Labute approximate surface area is 165 Å². The third kappa shape index (κ3) is 4.16. The van der Waals surface area contributed by atoms with E-state index < -0.39 is 0 Å². The molecule has 0 saturated heterocycles. The van der Waals surface area contributed by atoms with Crippen molar-refractivity contribution in [3.8, 4) is 11.5 Å². The van der Waals surface area contributed by atoms with Crippen molar-refractivity contribution in [3.05, 3.63) is 51.8 Å². The Hall–Kier alpha value is -2.35. The number of hydrogen-bond donors (Lipinski definition) is 0. The van der Waals surface area contributed by atoms with Crippen molar-refractivity contribution < 1.29 is 19.0 Å². The molecular formula is C19H19ClN2O4S. The Morgan fingerprint density at radius 3 is 2.59 bits per heavy atom. The van der Waals surface area contributed by atoms with E-state index >= 15 is 0 Å². The number of methoxy groups -OCH3 is 3. The van der Waals surface area contributed by atoms with Gasteiger partial charge in [0.15, 0.2) is 16.3 Å². The second-order valence-corrected chi connectivity index (χ2v) is 7.07. The average molecular weight is 407 g/mol. The lowest BCUT2D eigenvalue weighted by atomic mass is 10.2. The normalized spacial score (nSPS) is 11.8. The van der Waals surface area contributed by atoms with Gasteiger partial charge >= 0.3 is 0 Å². The van der Waals surface area contributed by atoms with Crippen LogP contribution >= 0.6 is 22.9 Å². The number of carbonyl (C=O) groups excluding carboxylic acids is 1. The van der Waals surface area contributed by atoms with Gasteiger partial charge in [-0.1, -0.05) is 22.9 Å². The molecule has 8 heteroatoms. The van der Waals surface area contributed by atoms with Crippen molar-refractivity contribution in [2.45, 2.75) is 6.54 Å².